The Hall–Kier alpha value is -1.43. The fourth-order valence-corrected chi connectivity index (χ4v) is 1.98. The molecular weight excluding hydrogens is 264 g/mol. The first-order valence-corrected chi connectivity index (χ1v) is 7.72. The van der Waals surface area contributed by atoms with E-state index in [9.17, 15) is 10.1 Å². The van der Waals surface area contributed by atoms with Crippen LogP contribution in [0.15, 0.2) is 18.2 Å². The number of nitro groups is 1. The Morgan fingerprint density at radius 2 is 2.26 bits per heavy atom. The van der Waals surface area contributed by atoms with Gasteiger partial charge in [0.05, 0.1) is 11.5 Å². The molecule has 0 heterocycles. The highest BCUT2D eigenvalue weighted by Crippen LogP contribution is 2.30. The first-order valence-electron chi connectivity index (χ1n) is 6.33. The number of hydrogen-bond acceptors (Lipinski definition) is 5. The summed E-state index contributed by atoms with van der Waals surface area (Å²) < 4.78 is 5.43. The molecule has 1 rings (SSSR count). The normalized spacial score (nSPS) is 10.2. The number of nitrogens with zero attached hydrogens (tertiary/aromatic N) is 1. The molecule has 0 saturated heterocycles. The van der Waals surface area contributed by atoms with Crippen LogP contribution in [0.25, 0.3) is 0 Å². The monoisotopic (exact) mass is 284 g/mol. The lowest BCUT2D eigenvalue weighted by atomic mass is 10.2. The van der Waals surface area contributed by atoms with Crippen molar-refractivity contribution in [2.24, 2.45) is 0 Å². The molecule has 0 spiro atoms. The molecule has 0 atom stereocenters. The van der Waals surface area contributed by atoms with Gasteiger partial charge in [-0.3, -0.25) is 10.1 Å². The molecule has 1 N–H and O–H groups in total. The van der Waals surface area contributed by atoms with Gasteiger partial charge in [0.25, 0.3) is 0 Å². The van der Waals surface area contributed by atoms with Crippen molar-refractivity contribution in [2.75, 3.05) is 30.5 Å². The molecule has 0 bridgehead atoms. The molecule has 6 heteroatoms. The van der Waals surface area contributed by atoms with Gasteiger partial charge in [0, 0.05) is 24.4 Å². The van der Waals surface area contributed by atoms with Crippen LogP contribution in [0.1, 0.15) is 19.8 Å². The molecule has 0 unspecified atom stereocenters. The van der Waals surface area contributed by atoms with Gasteiger partial charge in [-0.1, -0.05) is 6.92 Å². The molecule has 0 aliphatic carbocycles. The third kappa shape index (κ3) is 5.38. The number of rotatable bonds is 9. The van der Waals surface area contributed by atoms with Crippen LogP contribution in [0, 0.1) is 10.1 Å². The zero-order valence-electron chi connectivity index (χ0n) is 11.3. The van der Waals surface area contributed by atoms with Crippen LogP contribution < -0.4 is 10.1 Å². The van der Waals surface area contributed by atoms with Crippen molar-refractivity contribution in [3.8, 4) is 5.75 Å². The molecular formula is C13H20N2O3S. The van der Waals surface area contributed by atoms with Gasteiger partial charge in [-0.2, -0.15) is 11.8 Å². The molecule has 1 aromatic carbocycles. The molecule has 0 aliphatic rings. The van der Waals surface area contributed by atoms with Crippen molar-refractivity contribution in [3.05, 3.63) is 28.3 Å². The average molecular weight is 284 g/mol. The van der Waals surface area contributed by atoms with E-state index in [2.05, 4.69) is 11.6 Å². The van der Waals surface area contributed by atoms with Crippen molar-refractivity contribution < 1.29 is 9.66 Å². The predicted molar refractivity (Wildman–Crippen MR) is 80.4 cm³/mol. The smallest absolute Gasteiger partial charge is 0.311 e. The first kappa shape index (κ1) is 15.6. The second-order valence-electron chi connectivity index (χ2n) is 4.06. The van der Waals surface area contributed by atoms with E-state index in [-0.39, 0.29) is 5.69 Å². The Bertz CT molecular complexity index is 413. The average Bonchev–Trinajstić information content (AvgIpc) is 2.41. The summed E-state index contributed by atoms with van der Waals surface area (Å²) in [7, 11) is 0. The summed E-state index contributed by atoms with van der Waals surface area (Å²) in [4.78, 5) is 10.5. The molecule has 0 radical (unpaired) electrons. The Kier molecular flexibility index (Phi) is 7.10. The third-order valence-corrected chi connectivity index (χ3v) is 3.17. The number of ether oxygens (including phenoxy) is 1. The van der Waals surface area contributed by atoms with E-state index in [4.69, 9.17) is 4.74 Å². The Balaban J connectivity index is 2.70. The van der Waals surface area contributed by atoms with Crippen molar-refractivity contribution in [3.63, 3.8) is 0 Å². The zero-order chi connectivity index (χ0) is 14.1. The molecule has 106 valence electrons. The third-order valence-electron chi connectivity index (χ3n) is 2.47. The summed E-state index contributed by atoms with van der Waals surface area (Å²) >= 11 is 1.80. The quantitative estimate of drug-likeness (QED) is 0.427. The van der Waals surface area contributed by atoms with Gasteiger partial charge in [0.2, 0.25) is 0 Å². The number of nitro benzene ring substituents is 1. The standard InChI is InChI=1S/C13H20N2O3S/c1-3-8-18-13-10-11(14-7-4-9-19-2)5-6-12(13)15(16)17/h5-6,10,14H,3-4,7-9H2,1-2H3. The molecule has 19 heavy (non-hydrogen) atoms. The minimum Gasteiger partial charge on any atom is -0.487 e. The van der Waals surface area contributed by atoms with Crippen molar-refractivity contribution in [2.45, 2.75) is 19.8 Å². The van der Waals surface area contributed by atoms with E-state index < -0.39 is 4.92 Å². The summed E-state index contributed by atoms with van der Waals surface area (Å²) in [5.41, 5.74) is 0.876. The summed E-state index contributed by atoms with van der Waals surface area (Å²) in [5, 5.41) is 14.1. The summed E-state index contributed by atoms with van der Waals surface area (Å²) in [5.74, 6) is 1.43. The summed E-state index contributed by atoms with van der Waals surface area (Å²) in [6.45, 7) is 3.30. The van der Waals surface area contributed by atoms with Crippen molar-refractivity contribution in [1.29, 1.82) is 0 Å². The second-order valence-corrected chi connectivity index (χ2v) is 5.05. The van der Waals surface area contributed by atoms with E-state index in [1.165, 1.54) is 6.07 Å². The second kappa shape index (κ2) is 8.63. The van der Waals surface area contributed by atoms with Crippen LogP contribution in [-0.4, -0.2) is 30.1 Å². The lowest BCUT2D eigenvalue weighted by Gasteiger charge is -2.09. The topological polar surface area (TPSA) is 64.4 Å². The van der Waals surface area contributed by atoms with Crippen molar-refractivity contribution >= 4 is 23.1 Å². The maximum absolute atomic E-state index is 10.9. The fraction of sp³-hybridized carbons (Fsp3) is 0.538. The molecule has 0 saturated carbocycles. The Morgan fingerprint density at radius 1 is 1.47 bits per heavy atom. The van der Waals surface area contributed by atoms with Crippen molar-refractivity contribution in [1.82, 2.24) is 0 Å². The van der Waals surface area contributed by atoms with Gasteiger partial charge in [0.15, 0.2) is 5.75 Å². The molecule has 0 aromatic heterocycles. The van der Waals surface area contributed by atoms with E-state index >= 15 is 0 Å². The van der Waals surface area contributed by atoms with Gasteiger partial charge < -0.3 is 10.1 Å². The van der Waals surface area contributed by atoms with Gasteiger partial charge in [-0.25, -0.2) is 0 Å². The minimum absolute atomic E-state index is 0.0168. The number of hydrogen-bond donors (Lipinski definition) is 1. The van der Waals surface area contributed by atoms with Crippen LogP contribution in [0.2, 0.25) is 0 Å². The maximum Gasteiger partial charge on any atom is 0.311 e. The number of benzene rings is 1. The van der Waals surface area contributed by atoms with Crippen LogP contribution >= 0.6 is 11.8 Å². The van der Waals surface area contributed by atoms with Gasteiger partial charge >= 0.3 is 5.69 Å². The first-order chi connectivity index (χ1) is 9.19. The largest absolute Gasteiger partial charge is 0.487 e. The summed E-state index contributed by atoms with van der Waals surface area (Å²) in [6.07, 6.45) is 3.95. The van der Waals surface area contributed by atoms with Crippen LogP contribution in [0.4, 0.5) is 11.4 Å². The highest BCUT2D eigenvalue weighted by Gasteiger charge is 2.15. The lowest BCUT2D eigenvalue weighted by Crippen LogP contribution is -2.04. The maximum atomic E-state index is 10.9. The van der Waals surface area contributed by atoms with E-state index in [0.29, 0.717) is 12.4 Å². The molecule has 1 aromatic rings. The summed E-state index contributed by atoms with van der Waals surface area (Å²) in [6, 6.07) is 4.91. The number of anilines is 1. The van der Waals surface area contributed by atoms with Crippen LogP contribution in [-0.2, 0) is 0 Å². The highest BCUT2D eigenvalue weighted by molar-refractivity contribution is 7.98. The fourth-order valence-electron chi connectivity index (χ4n) is 1.55. The molecule has 5 nitrogen and oxygen atoms in total. The van der Waals surface area contributed by atoms with Gasteiger partial charge in [-0.05, 0) is 30.9 Å². The Labute approximate surface area is 117 Å². The minimum atomic E-state index is -0.414. The molecule has 0 fully saturated rings. The number of thioether (sulfide) groups is 1. The number of nitrogens with one attached hydrogen (secondary N) is 1. The van der Waals surface area contributed by atoms with Crippen LogP contribution in [0.5, 0.6) is 5.75 Å². The Morgan fingerprint density at radius 3 is 2.89 bits per heavy atom. The van der Waals surface area contributed by atoms with Crippen LogP contribution in [0.3, 0.4) is 0 Å². The van der Waals surface area contributed by atoms with E-state index in [1.807, 2.05) is 6.92 Å². The zero-order valence-corrected chi connectivity index (χ0v) is 12.2. The molecule has 0 aliphatic heterocycles. The SMILES string of the molecule is CCCOc1cc(NCCCSC)ccc1[N+](=O)[O-]. The predicted octanol–water partition coefficient (Wildman–Crippen LogP) is 3.55. The van der Waals surface area contributed by atoms with E-state index in [1.54, 1.807) is 23.9 Å². The van der Waals surface area contributed by atoms with Gasteiger partial charge in [0.1, 0.15) is 0 Å². The lowest BCUT2D eigenvalue weighted by molar-refractivity contribution is -0.385. The van der Waals surface area contributed by atoms with E-state index in [0.717, 1.165) is 30.8 Å². The molecule has 0 amide bonds. The van der Waals surface area contributed by atoms with Gasteiger partial charge in [-0.15, -0.1) is 0 Å². The highest BCUT2D eigenvalue weighted by atomic mass is 32.2.